The molecule has 1 fully saturated rings. The highest BCUT2D eigenvalue weighted by molar-refractivity contribution is 7.89. The Morgan fingerprint density at radius 3 is 2.17 bits per heavy atom. The second-order valence-corrected chi connectivity index (χ2v) is 9.70. The molecule has 3 aromatic rings. The first-order valence-electron chi connectivity index (χ1n) is 9.82. The van der Waals surface area contributed by atoms with Crippen LogP contribution in [0.3, 0.4) is 0 Å². The van der Waals surface area contributed by atoms with Crippen LogP contribution in [0.1, 0.15) is 28.3 Å². The topological polar surface area (TPSA) is 40.6 Å². The molecule has 0 spiro atoms. The van der Waals surface area contributed by atoms with Gasteiger partial charge in [-0.25, -0.2) is 8.42 Å². The van der Waals surface area contributed by atoms with Crippen molar-refractivity contribution in [2.75, 3.05) is 18.1 Å². The number of sulfonamides is 1. The van der Waals surface area contributed by atoms with Gasteiger partial charge in [-0.2, -0.15) is 4.31 Å². The van der Waals surface area contributed by atoms with Gasteiger partial charge < -0.3 is 4.90 Å². The van der Waals surface area contributed by atoms with E-state index in [-0.39, 0.29) is 6.04 Å². The van der Waals surface area contributed by atoms with E-state index in [2.05, 4.69) is 49.1 Å². The van der Waals surface area contributed by atoms with Crippen molar-refractivity contribution in [3.63, 3.8) is 0 Å². The van der Waals surface area contributed by atoms with Gasteiger partial charge in [0.1, 0.15) is 0 Å². The van der Waals surface area contributed by atoms with Crippen molar-refractivity contribution in [2.24, 2.45) is 0 Å². The first kappa shape index (κ1) is 19.7. The number of benzene rings is 3. The summed E-state index contributed by atoms with van der Waals surface area (Å²) in [7, 11) is -3.56. The molecule has 0 unspecified atom stereocenters. The average Bonchev–Trinajstić information content (AvgIpc) is 3.17. The van der Waals surface area contributed by atoms with Crippen LogP contribution in [0.4, 0.5) is 5.69 Å². The fourth-order valence-electron chi connectivity index (χ4n) is 3.78. The van der Waals surface area contributed by atoms with Gasteiger partial charge in [-0.3, -0.25) is 0 Å². The fraction of sp³-hybridized carbons (Fsp3) is 0.250. The van der Waals surface area contributed by atoms with Crippen LogP contribution in [0, 0.1) is 20.8 Å². The lowest BCUT2D eigenvalue weighted by molar-refractivity contribution is 0.473. The summed E-state index contributed by atoms with van der Waals surface area (Å²) in [6.07, 6.45) is 0. The molecule has 1 atom stereocenters. The van der Waals surface area contributed by atoms with Crippen LogP contribution in [0.2, 0.25) is 0 Å². The first-order chi connectivity index (χ1) is 13.9. The summed E-state index contributed by atoms with van der Waals surface area (Å²) < 4.78 is 28.2. The highest BCUT2D eigenvalue weighted by atomic mass is 32.2. The van der Waals surface area contributed by atoms with E-state index in [0.717, 1.165) is 16.8 Å². The molecule has 0 N–H and O–H groups in total. The quantitative estimate of drug-likeness (QED) is 0.624. The molecule has 0 aliphatic carbocycles. The minimum atomic E-state index is -3.56. The third kappa shape index (κ3) is 3.80. The van der Waals surface area contributed by atoms with Crippen LogP contribution in [-0.2, 0) is 10.0 Å². The average molecular weight is 407 g/mol. The monoisotopic (exact) mass is 406 g/mol. The Morgan fingerprint density at radius 2 is 1.52 bits per heavy atom. The molecular formula is C24H26N2O2S. The van der Waals surface area contributed by atoms with Gasteiger partial charge in [-0.05, 0) is 61.7 Å². The van der Waals surface area contributed by atoms with Crippen LogP contribution < -0.4 is 4.90 Å². The lowest BCUT2D eigenvalue weighted by atomic mass is 10.0. The van der Waals surface area contributed by atoms with Crippen molar-refractivity contribution in [1.82, 2.24) is 4.31 Å². The van der Waals surface area contributed by atoms with Gasteiger partial charge in [-0.15, -0.1) is 0 Å². The van der Waals surface area contributed by atoms with Gasteiger partial charge in [0.15, 0.2) is 0 Å². The van der Waals surface area contributed by atoms with Gasteiger partial charge in [0.05, 0.1) is 17.6 Å². The number of aryl methyl sites for hydroxylation is 3. The lowest BCUT2D eigenvalue weighted by Crippen LogP contribution is -2.31. The maximum absolute atomic E-state index is 13.3. The van der Waals surface area contributed by atoms with Crippen LogP contribution in [0.25, 0.3) is 0 Å². The van der Waals surface area contributed by atoms with Gasteiger partial charge in [-0.1, -0.05) is 54.1 Å². The molecule has 5 heteroatoms. The number of rotatable bonds is 4. The zero-order chi connectivity index (χ0) is 20.6. The number of hydrogen-bond acceptors (Lipinski definition) is 3. The smallest absolute Gasteiger partial charge is 0.244 e. The molecule has 1 saturated heterocycles. The minimum absolute atomic E-state index is 0.0291. The van der Waals surface area contributed by atoms with Crippen molar-refractivity contribution in [3.8, 4) is 0 Å². The molecule has 0 amide bonds. The third-order valence-corrected chi connectivity index (χ3v) is 7.54. The highest BCUT2D eigenvalue weighted by Crippen LogP contribution is 2.36. The van der Waals surface area contributed by atoms with Crippen molar-refractivity contribution in [2.45, 2.75) is 31.7 Å². The molecule has 3 aromatic carbocycles. The van der Waals surface area contributed by atoms with E-state index in [1.54, 1.807) is 16.4 Å². The van der Waals surface area contributed by atoms with Crippen LogP contribution >= 0.6 is 0 Å². The Hall–Kier alpha value is -2.63. The van der Waals surface area contributed by atoms with Gasteiger partial charge in [0.25, 0.3) is 0 Å². The molecule has 4 rings (SSSR count). The Labute approximate surface area is 173 Å². The predicted octanol–water partition coefficient (Wildman–Crippen LogP) is 4.82. The third-order valence-electron chi connectivity index (χ3n) is 5.73. The fourth-order valence-corrected chi connectivity index (χ4v) is 5.17. The molecular weight excluding hydrogens is 380 g/mol. The molecule has 29 heavy (non-hydrogen) atoms. The zero-order valence-corrected chi connectivity index (χ0v) is 17.9. The summed E-state index contributed by atoms with van der Waals surface area (Å²) in [5, 5.41) is 0. The SMILES string of the molecule is Cc1ccc(S(=O)(=O)N2C[C@@H](c3ccccc3)N(c3ccc(C)c(C)c3)C2)cc1. The van der Waals surface area contributed by atoms with E-state index in [0.29, 0.717) is 18.1 Å². The first-order valence-corrected chi connectivity index (χ1v) is 11.3. The largest absolute Gasteiger partial charge is 0.349 e. The Morgan fingerprint density at radius 1 is 0.828 bits per heavy atom. The molecule has 4 nitrogen and oxygen atoms in total. The lowest BCUT2D eigenvalue weighted by Gasteiger charge is -2.26. The van der Waals surface area contributed by atoms with E-state index in [1.807, 2.05) is 37.3 Å². The molecule has 1 heterocycles. The summed E-state index contributed by atoms with van der Waals surface area (Å²) in [5.41, 5.74) is 5.64. The van der Waals surface area contributed by atoms with Crippen LogP contribution in [0.5, 0.6) is 0 Å². The molecule has 0 radical (unpaired) electrons. The highest BCUT2D eigenvalue weighted by Gasteiger charge is 2.38. The summed E-state index contributed by atoms with van der Waals surface area (Å²) >= 11 is 0. The second-order valence-electron chi connectivity index (χ2n) is 7.76. The summed E-state index contributed by atoms with van der Waals surface area (Å²) in [5.74, 6) is 0. The Balaban J connectivity index is 1.73. The van der Waals surface area contributed by atoms with E-state index in [1.165, 1.54) is 11.1 Å². The molecule has 0 aromatic heterocycles. The van der Waals surface area contributed by atoms with Crippen LogP contribution in [0.15, 0.2) is 77.7 Å². The van der Waals surface area contributed by atoms with Crippen molar-refractivity contribution >= 4 is 15.7 Å². The minimum Gasteiger partial charge on any atom is -0.349 e. The maximum Gasteiger partial charge on any atom is 0.244 e. The molecule has 150 valence electrons. The van der Waals surface area contributed by atoms with Crippen molar-refractivity contribution < 1.29 is 8.42 Å². The van der Waals surface area contributed by atoms with Gasteiger partial charge in [0, 0.05) is 12.2 Å². The van der Waals surface area contributed by atoms with Crippen LogP contribution in [-0.4, -0.2) is 25.9 Å². The molecule has 1 aliphatic rings. The number of anilines is 1. The number of nitrogens with zero attached hydrogens (tertiary/aromatic N) is 2. The summed E-state index contributed by atoms with van der Waals surface area (Å²) in [6.45, 7) is 6.89. The standard InChI is InChI=1S/C24H26N2O2S/c1-18-9-13-23(14-10-18)29(27,28)25-16-24(21-7-5-4-6-8-21)26(17-25)22-12-11-19(2)20(3)15-22/h4-15,24H,16-17H2,1-3H3/t24-/m0/s1. The molecule has 0 bridgehead atoms. The van der Waals surface area contributed by atoms with E-state index < -0.39 is 10.0 Å². The second kappa shape index (κ2) is 7.65. The normalized spacial score (nSPS) is 17.6. The maximum atomic E-state index is 13.3. The summed E-state index contributed by atoms with van der Waals surface area (Å²) in [6, 6.07) is 23.5. The van der Waals surface area contributed by atoms with Crippen molar-refractivity contribution in [3.05, 3.63) is 95.1 Å². The van der Waals surface area contributed by atoms with E-state index >= 15 is 0 Å². The predicted molar refractivity (Wildman–Crippen MR) is 118 cm³/mol. The summed E-state index contributed by atoms with van der Waals surface area (Å²) in [4.78, 5) is 2.53. The van der Waals surface area contributed by atoms with Crippen molar-refractivity contribution in [1.29, 1.82) is 0 Å². The molecule has 0 saturated carbocycles. The Bertz CT molecular complexity index is 1110. The van der Waals surface area contributed by atoms with Gasteiger partial charge >= 0.3 is 0 Å². The zero-order valence-electron chi connectivity index (χ0n) is 17.0. The van der Waals surface area contributed by atoms with Gasteiger partial charge in [0.2, 0.25) is 10.0 Å². The van der Waals surface area contributed by atoms with E-state index in [4.69, 9.17) is 0 Å². The molecule has 1 aliphatic heterocycles. The Kier molecular flexibility index (Phi) is 5.19. The number of hydrogen-bond donors (Lipinski definition) is 0. The van der Waals surface area contributed by atoms with E-state index in [9.17, 15) is 8.42 Å².